The van der Waals surface area contributed by atoms with Crippen LogP contribution in [0.5, 0.6) is 0 Å². The van der Waals surface area contributed by atoms with Crippen LogP contribution in [0.3, 0.4) is 0 Å². The zero-order valence-electron chi connectivity index (χ0n) is 21.3. The molecular weight excluding hydrogens is 509 g/mol. The number of aryl methyl sites for hydroxylation is 1. The second kappa shape index (κ2) is 9.92. The largest absolute Gasteiger partial charge is 0.419 e. The number of aromatic nitrogens is 4. The molecule has 9 nitrogen and oxygen atoms in total. The standard InChI is InChI=1S/C27H25F3N8O/c1-35-7-9-37(10-8-35)23-4-3-20(11-18(23)14-31)38-24(16-36(2)26(38)39)22-13-17(5-6-33-22)19-12-21(27(28,29)30)25(32)34-15-19/h3-6,11-13,15-16H,7-10H2,1-2H3,(H2,32,34). The topological polar surface area (TPSA) is 109 Å². The van der Waals surface area contributed by atoms with Crippen LogP contribution >= 0.6 is 0 Å². The highest BCUT2D eigenvalue weighted by Gasteiger charge is 2.34. The first kappa shape index (κ1) is 26.0. The van der Waals surface area contributed by atoms with Crippen LogP contribution in [0, 0.1) is 11.3 Å². The quantitative estimate of drug-likeness (QED) is 0.427. The van der Waals surface area contributed by atoms with Crippen molar-refractivity contribution in [2.24, 2.45) is 7.05 Å². The van der Waals surface area contributed by atoms with E-state index in [0.717, 1.165) is 37.9 Å². The van der Waals surface area contributed by atoms with Crippen molar-refractivity contribution in [1.29, 1.82) is 5.26 Å². The van der Waals surface area contributed by atoms with Gasteiger partial charge in [-0.25, -0.2) is 9.78 Å². The number of pyridine rings is 2. The number of nitrogens with zero attached hydrogens (tertiary/aromatic N) is 7. The van der Waals surface area contributed by atoms with E-state index in [1.165, 1.54) is 21.5 Å². The maximum absolute atomic E-state index is 13.4. The molecule has 4 aromatic rings. The number of hydrogen-bond acceptors (Lipinski definition) is 7. The van der Waals surface area contributed by atoms with Gasteiger partial charge in [0.2, 0.25) is 0 Å². The maximum atomic E-state index is 13.4. The molecule has 0 saturated carbocycles. The van der Waals surface area contributed by atoms with Crippen LogP contribution in [0.15, 0.2) is 59.8 Å². The van der Waals surface area contributed by atoms with Crippen LogP contribution in [0.1, 0.15) is 11.1 Å². The third-order valence-electron chi connectivity index (χ3n) is 6.83. The summed E-state index contributed by atoms with van der Waals surface area (Å²) in [5.74, 6) is -0.606. The highest BCUT2D eigenvalue weighted by molar-refractivity contribution is 5.71. The fourth-order valence-electron chi connectivity index (χ4n) is 4.67. The molecule has 1 aromatic carbocycles. The number of piperazine rings is 1. The predicted octanol–water partition coefficient (Wildman–Crippen LogP) is 3.52. The summed E-state index contributed by atoms with van der Waals surface area (Å²) in [4.78, 5) is 25.7. The normalized spacial score (nSPS) is 14.4. The van der Waals surface area contributed by atoms with Crippen LogP contribution in [0.4, 0.5) is 24.7 Å². The molecule has 0 spiro atoms. The highest BCUT2D eigenvalue weighted by Crippen LogP contribution is 2.35. The van der Waals surface area contributed by atoms with E-state index in [1.54, 1.807) is 37.5 Å². The number of nitriles is 1. The number of halogens is 3. The van der Waals surface area contributed by atoms with E-state index in [4.69, 9.17) is 5.73 Å². The lowest BCUT2D eigenvalue weighted by atomic mass is 10.0. The van der Waals surface area contributed by atoms with Gasteiger partial charge in [0.15, 0.2) is 0 Å². The Kier molecular flexibility index (Phi) is 6.61. The molecule has 1 aliphatic heterocycles. The molecule has 200 valence electrons. The Morgan fingerprint density at radius 3 is 2.44 bits per heavy atom. The molecule has 0 aliphatic carbocycles. The van der Waals surface area contributed by atoms with Crippen LogP contribution in [-0.4, -0.2) is 57.2 Å². The van der Waals surface area contributed by atoms with Crippen LogP contribution in [0.25, 0.3) is 28.2 Å². The Hall–Kier alpha value is -4.63. The van der Waals surface area contributed by atoms with Gasteiger partial charge >= 0.3 is 11.9 Å². The van der Waals surface area contributed by atoms with E-state index in [2.05, 4.69) is 32.9 Å². The van der Waals surface area contributed by atoms with Gasteiger partial charge in [0.25, 0.3) is 0 Å². The van der Waals surface area contributed by atoms with E-state index < -0.39 is 17.6 Å². The molecule has 1 saturated heterocycles. The van der Waals surface area contributed by atoms with Crippen molar-refractivity contribution >= 4 is 11.5 Å². The average molecular weight is 535 g/mol. The first-order valence-electron chi connectivity index (χ1n) is 12.1. The summed E-state index contributed by atoms with van der Waals surface area (Å²) in [6, 6.07) is 11.6. The summed E-state index contributed by atoms with van der Waals surface area (Å²) >= 11 is 0. The number of nitrogen functional groups attached to an aromatic ring is 1. The number of imidazole rings is 1. The van der Waals surface area contributed by atoms with Crippen molar-refractivity contribution < 1.29 is 13.2 Å². The monoisotopic (exact) mass is 534 g/mol. The highest BCUT2D eigenvalue weighted by atomic mass is 19.4. The van der Waals surface area contributed by atoms with Gasteiger partial charge in [-0.1, -0.05) is 0 Å². The molecule has 12 heteroatoms. The molecule has 4 heterocycles. The van der Waals surface area contributed by atoms with Gasteiger partial charge in [0.05, 0.1) is 33.9 Å². The number of anilines is 2. The van der Waals surface area contributed by atoms with Crippen molar-refractivity contribution in [2.75, 3.05) is 43.9 Å². The summed E-state index contributed by atoms with van der Waals surface area (Å²) < 4.78 is 43.0. The van der Waals surface area contributed by atoms with Crippen molar-refractivity contribution in [2.45, 2.75) is 6.18 Å². The summed E-state index contributed by atoms with van der Waals surface area (Å²) in [6.45, 7) is 3.33. The molecule has 2 N–H and O–H groups in total. The van der Waals surface area contributed by atoms with Crippen LogP contribution in [0.2, 0.25) is 0 Å². The Labute approximate surface area is 222 Å². The molecule has 0 bridgehead atoms. The predicted molar refractivity (Wildman–Crippen MR) is 141 cm³/mol. The Bertz CT molecular complexity index is 1640. The lowest BCUT2D eigenvalue weighted by Crippen LogP contribution is -2.44. The molecule has 3 aromatic heterocycles. The second-order valence-electron chi connectivity index (χ2n) is 9.43. The molecule has 0 unspecified atom stereocenters. The number of rotatable bonds is 4. The van der Waals surface area contributed by atoms with E-state index in [1.807, 2.05) is 6.07 Å². The third-order valence-corrected chi connectivity index (χ3v) is 6.83. The van der Waals surface area contributed by atoms with Crippen molar-refractivity contribution in [3.05, 3.63) is 76.6 Å². The SMILES string of the molecule is CN1CCN(c2ccc(-n3c(-c4cc(-c5cnc(N)c(C(F)(F)F)c5)ccn4)cn(C)c3=O)cc2C#N)CC1. The number of benzene rings is 1. The Balaban J connectivity index is 1.57. The van der Waals surface area contributed by atoms with E-state index in [0.29, 0.717) is 28.2 Å². The summed E-state index contributed by atoms with van der Waals surface area (Å²) in [7, 11) is 3.65. The minimum atomic E-state index is -4.66. The minimum absolute atomic E-state index is 0.202. The maximum Gasteiger partial charge on any atom is 0.419 e. The van der Waals surface area contributed by atoms with Crippen molar-refractivity contribution in [3.8, 4) is 34.3 Å². The summed E-state index contributed by atoms with van der Waals surface area (Å²) in [6.07, 6.45) is -0.347. The lowest BCUT2D eigenvalue weighted by molar-refractivity contribution is -0.137. The van der Waals surface area contributed by atoms with E-state index in [-0.39, 0.29) is 11.3 Å². The number of likely N-dealkylation sites (N-methyl/N-ethyl adjacent to an activating group) is 1. The zero-order valence-corrected chi connectivity index (χ0v) is 21.3. The van der Waals surface area contributed by atoms with Gasteiger partial charge in [0, 0.05) is 57.4 Å². The fourth-order valence-corrected chi connectivity index (χ4v) is 4.67. The molecule has 0 radical (unpaired) electrons. The van der Waals surface area contributed by atoms with E-state index >= 15 is 0 Å². The van der Waals surface area contributed by atoms with Gasteiger partial charge in [-0.2, -0.15) is 18.4 Å². The van der Waals surface area contributed by atoms with Gasteiger partial charge < -0.3 is 20.1 Å². The first-order valence-corrected chi connectivity index (χ1v) is 12.1. The number of alkyl halides is 3. The van der Waals surface area contributed by atoms with Gasteiger partial charge in [-0.3, -0.25) is 9.55 Å². The average Bonchev–Trinajstić information content (AvgIpc) is 3.22. The zero-order chi connectivity index (χ0) is 27.9. The molecule has 1 fully saturated rings. The van der Waals surface area contributed by atoms with Crippen LogP contribution in [-0.2, 0) is 13.2 Å². The van der Waals surface area contributed by atoms with Crippen molar-refractivity contribution in [1.82, 2.24) is 24.0 Å². The summed E-state index contributed by atoms with van der Waals surface area (Å²) in [5.41, 5.74) is 7.18. The minimum Gasteiger partial charge on any atom is -0.383 e. The lowest BCUT2D eigenvalue weighted by Gasteiger charge is -2.34. The molecule has 39 heavy (non-hydrogen) atoms. The smallest absolute Gasteiger partial charge is 0.383 e. The summed E-state index contributed by atoms with van der Waals surface area (Å²) in [5, 5.41) is 9.91. The van der Waals surface area contributed by atoms with E-state index in [9.17, 15) is 23.2 Å². The second-order valence-corrected chi connectivity index (χ2v) is 9.43. The van der Waals surface area contributed by atoms with Crippen LogP contribution < -0.4 is 16.3 Å². The molecule has 5 rings (SSSR count). The number of nitrogens with two attached hydrogens (primary N) is 1. The van der Waals surface area contributed by atoms with Gasteiger partial charge in [-0.05, 0) is 49.0 Å². The van der Waals surface area contributed by atoms with Gasteiger partial charge in [0.1, 0.15) is 11.9 Å². The van der Waals surface area contributed by atoms with Crippen molar-refractivity contribution in [3.63, 3.8) is 0 Å². The Morgan fingerprint density at radius 1 is 1.00 bits per heavy atom. The first-order chi connectivity index (χ1) is 18.6. The molecule has 0 atom stereocenters. The third kappa shape index (κ3) is 4.96. The molecular formula is C27H25F3N8O. The molecule has 1 aliphatic rings. The molecule has 0 amide bonds. The van der Waals surface area contributed by atoms with Gasteiger partial charge in [-0.15, -0.1) is 0 Å². The fraction of sp³-hybridized carbons (Fsp3) is 0.259. The Morgan fingerprint density at radius 2 is 1.74 bits per heavy atom. The number of hydrogen-bond donors (Lipinski definition) is 1.